The molecule has 2 amide bonds. The van der Waals surface area contributed by atoms with Crippen molar-refractivity contribution in [3.63, 3.8) is 0 Å². The van der Waals surface area contributed by atoms with Crippen LogP contribution >= 0.6 is 0 Å². The van der Waals surface area contributed by atoms with Crippen molar-refractivity contribution in [3.05, 3.63) is 48.0 Å². The van der Waals surface area contributed by atoms with Crippen molar-refractivity contribution < 1.29 is 37.0 Å². The molecule has 0 aliphatic carbocycles. The number of para-hydroxylation sites is 1. The number of benzene rings is 2. The Bertz CT molecular complexity index is 1200. The van der Waals surface area contributed by atoms with Gasteiger partial charge in [-0.05, 0) is 36.8 Å². The smallest absolute Gasteiger partial charge is 0.325 e. The van der Waals surface area contributed by atoms with Crippen LogP contribution in [0.2, 0.25) is 0 Å². The maximum atomic E-state index is 13.6. The molecule has 1 aliphatic heterocycles. The maximum Gasteiger partial charge on any atom is 0.325 e. The van der Waals surface area contributed by atoms with E-state index in [1.165, 1.54) is 32.4 Å². The number of rotatable bonds is 8. The largest absolute Gasteiger partial charge is 0.493 e. The van der Waals surface area contributed by atoms with Crippen LogP contribution in [0, 0.1) is 0 Å². The Morgan fingerprint density at radius 2 is 1.79 bits per heavy atom. The molecule has 1 aliphatic rings. The monoisotopic (exact) mass is 490 g/mol. The molecule has 1 heterocycles. The molecular formula is C23H26N2O8S. The molecule has 1 N–H and O–H groups in total. The highest BCUT2D eigenvalue weighted by Crippen LogP contribution is 2.42. The second-order valence-electron chi connectivity index (χ2n) is 7.38. The number of hydrogen-bond donors (Lipinski definition) is 1. The van der Waals surface area contributed by atoms with Crippen molar-refractivity contribution in [3.8, 4) is 11.5 Å². The molecule has 34 heavy (non-hydrogen) atoms. The lowest BCUT2D eigenvalue weighted by Gasteiger charge is -2.21. The number of sulfone groups is 1. The van der Waals surface area contributed by atoms with E-state index >= 15 is 0 Å². The summed E-state index contributed by atoms with van der Waals surface area (Å²) in [6.07, 6.45) is -0.391. The molecule has 11 heteroatoms. The Kier molecular flexibility index (Phi) is 7.77. The van der Waals surface area contributed by atoms with Crippen molar-refractivity contribution in [2.75, 3.05) is 38.8 Å². The summed E-state index contributed by atoms with van der Waals surface area (Å²) in [6, 6.07) is 10.7. The molecule has 0 spiro atoms. The van der Waals surface area contributed by atoms with Gasteiger partial charge in [-0.3, -0.25) is 14.4 Å². The zero-order chi connectivity index (χ0) is 24.9. The summed E-state index contributed by atoms with van der Waals surface area (Å²) >= 11 is 0. The van der Waals surface area contributed by atoms with Gasteiger partial charge in [0.05, 0.1) is 36.7 Å². The van der Waals surface area contributed by atoms with Crippen LogP contribution in [-0.4, -0.2) is 60.1 Å². The highest BCUT2D eigenvalue weighted by Gasteiger charge is 2.40. The summed E-state index contributed by atoms with van der Waals surface area (Å²) in [5, 5.41) is 1.19. The fourth-order valence-corrected chi connectivity index (χ4v) is 5.60. The lowest BCUT2D eigenvalue weighted by Crippen LogP contribution is -2.42. The zero-order valence-electron chi connectivity index (χ0n) is 19.1. The van der Waals surface area contributed by atoms with Crippen molar-refractivity contribution in [1.82, 2.24) is 5.32 Å². The molecule has 0 saturated carbocycles. The van der Waals surface area contributed by atoms with Gasteiger partial charge in [-0.25, -0.2) is 8.42 Å². The van der Waals surface area contributed by atoms with E-state index in [0.29, 0.717) is 17.1 Å². The van der Waals surface area contributed by atoms with Crippen LogP contribution in [0.15, 0.2) is 47.4 Å². The fourth-order valence-electron chi connectivity index (χ4n) is 3.69. The molecule has 2 aromatic carbocycles. The number of methoxy groups -OCH3 is 2. The topological polar surface area (TPSA) is 128 Å². The first kappa shape index (κ1) is 25.0. The maximum absolute atomic E-state index is 13.6. The molecular weight excluding hydrogens is 464 g/mol. The van der Waals surface area contributed by atoms with Gasteiger partial charge in [0.1, 0.15) is 13.1 Å². The lowest BCUT2D eigenvalue weighted by molar-refractivity contribution is -0.143. The second-order valence-corrected chi connectivity index (χ2v) is 9.48. The highest BCUT2D eigenvalue weighted by atomic mass is 32.2. The van der Waals surface area contributed by atoms with Crippen LogP contribution < -0.4 is 19.7 Å². The van der Waals surface area contributed by atoms with Crippen LogP contribution in [0.4, 0.5) is 5.69 Å². The minimum absolute atomic E-state index is 0.0705. The number of nitrogens with one attached hydrogen (secondary N) is 1. The number of carbonyl (C=O) groups excluding carboxylic acids is 3. The highest BCUT2D eigenvalue weighted by molar-refractivity contribution is 7.92. The van der Waals surface area contributed by atoms with Crippen LogP contribution in [0.25, 0.3) is 0 Å². The Hall–Kier alpha value is -3.60. The van der Waals surface area contributed by atoms with Crippen molar-refractivity contribution in [2.24, 2.45) is 0 Å². The van der Waals surface area contributed by atoms with Gasteiger partial charge in [0.2, 0.25) is 11.8 Å². The van der Waals surface area contributed by atoms with Gasteiger partial charge in [-0.2, -0.15) is 0 Å². The summed E-state index contributed by atoms with van der Waals surface area (Å²) in [5.74, 6) is -1.05. The number of ether oxygens (including phenoxy) is 3. The van der Waals surface area contributed by atoms with E-state index in [4.69, 9.17) is 14.2 Å². The third kappa shape index (κ3) is 5.14. The van der Waals surface area contributed by atoms with Crippen LogP contribution in [0.5, 0.6) is 11.5 Å². The molecule has 10 nitrogen and oxygen atoms in total. The van der Waals surface area contributed by atoms with Gasteiger partial charge in [0.25, 0.3) is 0 Å². The quantitative estimate of drug-likeness (QED) is 0.553. The first-order chi connectivity index (χ1) is 16.2. The Labute approximate surface area is 197 Å². The van der Waals surface area contributed by atoms with Gasteiger partial charge in [0.15, 0.2) is 21.3 Å². The van der Waals surface area contributed by atoms with E-state index in [1.807, 2.05) is 0 Å². The zero-order valence-corrected chi connectivity index (χ0v) is 19.9. The van der Waals surface area contributed by atoms with Crippen molar-refractivity contribution in [1.29, 1.82) is 0 Å². The number of hydrogen-bond acceptors (Lipinski definition) is 8. The predicted octanol–water partition coefficient (Wildman–Crippen LogP) is 1.63. The molecule has 182 valence electrons. The van der Waals surface area contributed by atoms with E-state index in [-0.39, 0.29) is 23.7 Å². The van der Waals surface area contributed by atoms with Gasteiger partial charge >= 0.3 is 5.97 Å². The second kappa shape index (κ2) is 10.6. The van der Waals surface area contributed by atoms with Gasteiger partial charge in [-0.15, -0.1) is 0 Å². The van der Waals surface area contributed by atoms with Crippen molar-refractivity contribution >= 4 is 33.3 Å². The minimum atomic E-state index is -4.02. The van der Waals surface area contributed by atoms with Crippen LogP contribution in [0.3, 0.4) is 0 Å². The lowest BCUT2D eigenvalue weighted by atomic mass is 10.1. The molecule has 2 aromatic rings. The Morgan fingerprint density at radius 1 is 1.09 bits per heavy atom. The summed E-state index contributed by atoms with van der Waals surface area (Å²) < 4.78 is 42.5. The number of amides is 2. The first-order valence-electron chi connectivity index (χ1n) is 10.5. The van der Waals surface area contributed by atoms with Gasteiger partial charge in [-0.1, -0.05) is 18.2 Å². The average Bonchev–Trinajstić information content (AvgIpc) is 2.91. The minimum Gasteiger partial charge on any atom is -0.493 e. The summed E-state index contributed by atoms with van der Waals surface area (Å²) in [6.45, 7) is 0.996. The number of esters is 1. The number of anilines is 1. The van der Waals surface area contributed by atoms with Crippen LogP contribution in [-0.2, 0) is 29.0 Å². The molecule has 0 radical (unpaired) electrons. The molecule has 0 aromatic heterocycles. The summed E-state index contributed by atoms with van der Waals surface area (Å²) in [5.41, 5.74) is 0.455. The van der Waals surface area contributed by atoms with Gasteiger partial charge < -0.3 is 24.4 Å². The normalized spacial score (nSPS) is 16.7. The number of carbonyl (C=O) groups is 3. The third-order valence-corrected chi connectivity index (χ3v) is 7.46. The van der Waals surface area contributed by atoms with E-state index < -0.39 is 45.8 Å². The SMILES string of the molecule is CCOC(=O)CNC(=O)CN1C(=O)C[C@@H](c2ccc(OC)c(OC)c2)S(=O)(=O)c2ccccc21. The molecule has 1 atom stereocenters. The van der Waals surface area contributed by atoms with E-state index in [9.17, 15) is 22.8 Å². The third-order valence-electron chi connectivity index (χ3n) is 5.31. The Balaban J connectivity index is 1.97. The Morgan fingerprint density at radius 3 is 2.47 bits per heavy atom. The van der Waals surface area contributed by atoms with Gasteiger partial charge in [0, 0.05) is 6.42 Å². The first-order valence-corrected chi connectivity index (χ1v) is 12.0. The predicted molar refractivity (Wildman–Crippen MR) is 123 cm³/mol. The van der Waals surface area contributed by atoms with Crippen LogP contribution in [0.1, 0.15) is 24.2 Å². The molecule has 0 fully saturated rings. The van der Waals surface area contributed by atoms with E-state index in [2.05, 4.69) is 5.32 Å². The van der Waals surface area contributed by atoms with E-state index in [1.54, 1.807) is 31.2 Å². The average molecular weight is 491 g/mol. The molecule has 0 saturated heterocycles. The summed E-state index contributed by atoms with van der Waals surface area (Å²) in [4.78, 5) is 38.3. The van der Waals surface area contributed by atoms with E-state index in [0.717, 1.165) is 4.90 Å². The number of nitrogens with zero attached hydrogens (tertiary/aromatic N) is 1. The fraction of sp³-hybridized carbons (Fsp3) is 0.348. The number of fused-ring (bicyclic) bond motifs is 1. The standard InChI is InChI=1S/C23H26N2O8S/c1-4-33-23(28)13-24-21(26)14-25-16-7-5-6-8-19(16)34(29,30)20(12-22(25)27)15-9-10-17(31-2)18(11-15)32-3/h5-11,20H,4,12-14H2,1-3H3,(H,24,26)/t20-/m0/s1. The summed E-state index contributed by atoms with van der Waals surface area (Å²) in [7, 11) is -1.12. The molecule has 0 unspecified atom stereocenters. The molecule has 0 bridgehead atoms. The molecule has 3 rings (SSSR count). The van der Waals surface area contributed by atoms with Crippen molar-refractivity contribution in [2.45, 2.75) is 23.5 Å².